The highest BCUT2D eigenvalue weighted by Gasteiger charge is 2.16. The number of urea groups is 1. The molecule has 0 fully saturated rings. The summed E-state index contributed by atoms with van der Waals surface area (Å²) < 4.78 is 10.4. The third-order valence-electron chi connectivity index (χ3n) is 4.51. The molecule has 0 spiro atoms. The van der Waals surface area contributed by atoms with Crippen LogP contribution in [0.2, 0.25) is 0 Å². The average Bonchev–Trinajstić information content (AvgIpc) is 3.10. The number of anilines is 3. The van der Waals surface area contributed by atoms with Crippen LogP contribution in [0.3, 0.4) is 0 Å². The molecule has 0 saturated carbocycles. The molecule has 4 rings (SSSR count). The topological polar surface area (TPSA) is 108 Å². The van der Waals surface area contributed by atoms with Crippen LogP contribution in [0.15, 0.2) is 71.3 Å². The van der Waals surface area contributed by atoms with Gasteiger partial charge in [-0.15, -0.1) is 0 Å². The number of methoxy groups -OCH3 is 1. The SMILES string of the molecule is COc1ccc(N(C(N)=O)c2ccc(-c3cccc4onc(N)c34)cc2)cc1. The van der Waals surface area contributed by atoms with Crippen molar-refractivity contribution in [2.24, 2.45) is 5.73 Å². The van der Waals surface area contributed by atoms with Crippen molar-refractivity contribution in [1.82, 2.24) is 5.16 Å². The molecule has 4 aromatic rings. The number of ether oxygens (including phenoxy) is 1. The molecule has 2 amide bonds. The van der Waals surface area contributed by atoms with Crippen LogP contribution in [0.4, 0.5) is 22.0 Å². The van der Waals surface area contributed by atoms with Crippen molar-refractivity contribution >= 4 is 34.2 Å². The quantitative estimate of drug-likeness (QED) is 0.554. The lowest BCUT2D eigenvalue weighted by Gasteiger charge is -2.21. The van der Waals surface area contributed by atoms with Crippen LogP contribution in [-0.2, 0) is 0 Å². The van der Waals surface area contributed by atoms with E-state index in [1.54, 1.807) is 31.4 Å². The van der Waals surface area contributed by atoms with Crippen molar-refractivity contribution < 1.29 is 14.1 Å². The second-order valence-corrected chi connectivity index (χ2v) is 6.17. The summed E-state index contributed by atoms with van der Waals surface area (Å²) in [6.45, 7) is 0. The number of rotatable bonds is 4. The minimum atomic E-state index is -0.580. The fourth-order valence-corrected chi connectivity index (χ4v) is 3.18. The van der Waals surface area contributed by atoms with E-state index in [1.165, 1.54) is 4.90 Å². The van der Waals surface area contributed by atoms with E-state index >= 15 is 0 Å². The predicted octanol–water partition coefficient (Wildman–Crippen LogP) is 4.30. The van der Waals surface area contributed by atoms with Crippen LogP contribution in [0.5, 0.6) is 5.75 Å². The lowest BCUT2D eigenvalue weighted by atomic mass is 10.0. The van der Waals surface area contributed by atoms with Gasteiger partial charge in [0.2, 0.25) is 0 Å². The summed E-state index contributed by atoms with van der Waals surface area (Å²) in [7, 11) is 1.59. The highest BCUT2D eigenvalue weighted by molar-refractivity contribution is 6.01. The highest BCUT2D eigenvalue weighted by Crippen LogP contribution is 2.34. The van der Waals surface area contributed by atoms with Crippen LogP contribution in [-0.4, -0.2) is 18.3 Å². The summed E-state index contributed by atoms with van der Waals surface area (Å²) >= 11 is 0. The first-order valence-electron chi connectivity index (χ1n) is 8.56. The Morgan fingerprint density at radius 3 is 2.25 bits per heavy atom. The molecule has 7 heteroatoms. The fraction of sp³-hybridized carbons (Fsp3) is 0.0476. The lowest BCUT2D eigenvalue weighted by Crippen LogP contribution is -2.31. The van der Waals surface area contributed by atoms with Crippen LogP contribution in [0, 0.1) is 0 Å². The standard InChI is InChI=1S/C21H18N4O3/c1-27-16-11-9-15(10-12-16)25(21(23)26)14-7-5-13(6-8-14)17-3-2-4-18-19(17)20(22)24-28-18/h2-12H,1H3,(H2,22,24)(H2,23,26). The summed E-state index contributed by atoms with van der Waals surface area (Å²) in [6.07, 6.45) is 0. The predicted molar refractivity (Wildman–Crippen MR) is 109 cm³/mol. The fourth-order valence-electron chi connectivity index (χ4n) is 3.18. The summed E-state index contributed by atoms with van der Waals surface area (Å²) in [5.41, 5.74) is 15.3. The second-order valence-electron chi connectivity index (χ2n) is 6.17. The van der Waals surface area contributed by atoms with Crippen molar-refractivity contribution in [1.29, 1.82) is 0 Å². The summed E-state index contributed by atoms with van der Waals surface area (Å²) in [5.74, 6) is 1.04. The Balaban J connectivity index is 1.73. The van der Waals surface area contributed by atoms with Gasteiger partial charge in [0.05, 0.1) is 23.9 Å². The number of amides is 2. The Hall–Kier alpha value is -4.00. The van der Waals surface area contributed by atoms with E-state index in [-0.39, 0.29) is 0 Å². The van der Waals surface area contributed by atoms with Gasteiger partial charge in [0.15, 0.2) is 11.4 Å². The number of fused-ring (bicyclic) bond motifs is 1. The Kier molecular flexibility index (Phi) is 4.33. The molecule has 7 nitrogen and oxygen atoms in total. The monoisotopic (exact) mass is 374 g/mol. The molecule has 0 unspecified atom stereocenters. The number of nitrogen functional groups attached to an aromatic ring is 1. The van der Waals surface area contributed by atoms with Crippen LogP contribution in [0.1, 0.15) is 0 Å². The largest absolute Gasteiger partial charge is 0.497 e. The molecule has 0 atom stereocenters. The third-order valence-corrected chi connectivity index (χ3v) is 4.51. The summed E-state index contributed by atoms with van der Waals surface area (Å²) in [4.78, 5) is 13.5. The molecule has 0 radical (unpaired) electrons. The van der Waals surface area contributed by atoms with Crippen molar-refractivity contribution in [3.8, 4) is 16.9 Å². The van der Waals surface area contributed by atoms with Gasteiger partial charge in [-0.1, -0.05) is 29.4 Å². The molecule has 0 bridgehead atoms. The van der Waals surface area contributed by atoms with E-state index in [2.05, 4.69) is 5.16 Å². The number of carbonyl (C=O) groups excluding carboxylic acids is 1. The van der Waals surface area contributed by atoms with E-state index in [4.69, 9.17) is 20.7 Å². The van der Waals surface area contributed by atoms with Gasteiger partial charge in [-0.25, -0.2) is 4.79 Å². The van der Waals surface area contributed by atoms with E-state index in [0.717, 1.165) is 16.5 Å². The maximum absolute atomic E-state index is 12.1. The number of nitrogens with zero attached hydrogens (tertiary/aromatic N) is 2. The van der Waals surface area contributed by atoms with Crippen LogP contribution >= 0.6 is 0 Å². The van der Waals surface area contributed by atoms with Crippen LogP contribution < -0.4 is 21.1 Å². The number of benzene rings is 3. The number of primary amides is 1. The van der Waals surface area contributed by atoms with Gasteiger partial charge in [0, 0.05) is 0 Å². The molecule has 0 saturated heterocycles. The minimum Gasteiger partial charge on any atom is -0.497 e. The zero-order valence-electron chi connectivity index (χ0n) is 15.1. The average molecular weight is 374 g/mol. The molecule has 0 aliphatic rings. The Morgan fingerprint density at radius 2 is 1.64 bits per heavy atom. The Labute approximate surface area is 161 Å². The van der Waals surface area contributed by atoms with E-state index < -0.39 is 6.03 Å². The maximum atomic E-state index is 12.1. The van der Waals surface area contributed by atoms with Gasteiger partial charge in [0.1, 0.15) is 5.75 Å². The van der Waals surface area contributed by atoms with Crippen molar-refractivity contribution in [2.75, 3.05) is 17.7 Å². The first-order chi connectivity index (χ1) is 13.6. The third kappa shape index (κ3) is 2.99. The Morgan fingerprint density at radius 1 is 1.00 bits per heavy atom. The molecular formula is C21H18N4O3. The Bertz CT molecular complexity index is 1130. The number of hydrogen-bond acceptors (Lipinski definition) is 5. The lowest BCUT2D eigenvalue weighted by molar-refractivity contribution is 0.256. The van der Waals surface area contributed by atoms with Gasteiger partial charge in [-0.05, 0) is 53.6 Å². The van der Waals surface area contributed by atoms with Crippen molar-refractivity contribution in [3.05, 3.63) is 66.7 Å². The maximum Gasteiger partial charge on any atom is 0.323 e. The second kappa shape index (κ2) is 6.96. The molecule has 1 heterocycles. The van der Waals surface area contributed by atoms with E-state index in [0.29, 0.717) is 28.5 Å². The first kappa shape index (κ1) is 17.4. The van der Waals surface area contributed by atoms with Crippen LogP contribution in [0.25, 0.3) is 22.1 Å². The van der Waals surface area contributed by atoms with Gasteiger partial charge >= 0.3 is 6.03 Å². The zero-order valence-corrected chi connectivity index (χ0v) is 15.1. The number of hydrogen-bond donors (Lipinski definition) is 2. The first-order valence-corrected chi connectivity index (χ1v) is 8.56. The summed E-state index contributed by atoms with van der Waals surface area (Å²) in [6, 6.07) is 19.6. The molecular weight excluding hydrogens is 356 g/mol. The van der Waals surface area contributed by atoms with Gasteiger partial charge < -0.3 is 20.7 Å². The van der Waals surface area contributed by atoms with Crippen molar-refractivity contribution in [2.45, 2.75) is 0 Å². The number of aromatic nitrogens is 1. The normalized spacial score (nSPS) is 10.8. The molecule has 140 valence electrons. The van der Waals surface area contributed by atoms with Gasteiger partial charge in [-0.3, -0.25) is 4.90 Å². The minimum absolute atomic E-state index is 0.340. The molecule has 0 aliphatic carbocycles. The number of nitrogens with two attached hydrogens (primary N) is 2. The molecule has 4 N–H and O–H groups in total. The van der Waals surface area contributed by atoms with Gasteiger partial charge in [0.25, 0.3) is 0 Å². The summed E-state index contributed by atoms with van der Waals surface area (Å²) in [5, 5.41) is 4.59. The van der Waals surface area contributed by atoms with Gasteiger partial charge in [-0.2, -0.15) is 0 Å². The molecule has 28 heavy (non-hydrogen) atoms. The number of carbonyl (C=O) groups is 1. The smallest absolute Gasteiger partial charge is 0.323 e. The van der Waals surface area contributed by atoms with E-state index in [1.807, 2.05) is 42.5 Å². The van der Waals surface area contributed by atoms with Crippen molar-refractivity contribution in [3.63, 3.8) is 0 Å². The molecule has 0 aliphatic heterocycles. The molecule has 3 aromatic carbocycles. The zero-order chi connectivity index (χ0) is 19.7. The highest BCUT2D eigenvalue weighted by atomic mass is 16.5. The molecule has 1 aromatic heterocycles. The van der Waals surface area contributed by atoms with E-state index in [9.17, 15) is 4.79 Å².